The molecule has 0 bridgehead atoms. The Morgan fingerprint density at radius 1 is 1.48 bits per heavy atom. The fourth-order valence-electron chi connectivity index (χ4n) is 2.56. The largest absolute Gasteiger partial charge is 0.495 e. The van der Waals surface area contributed by atoms with Crippen LogP contribution in [0.4, 0.5) is 10.8 Å². The summed E-state index contributed by atoms with van der Waals surface area (Å²) in [4.78, 5) is 26.2. The van der Waals surface area contributed by atoms with E-state index in [1.54, 1.807) is 17.5 Å². The number of rotatable bonds is 4. The highest BCUT2D eigenvalue weighted by Gasteiger charge is 2.36. The third kappa shape index (κ3) is 3.16. The van der Waals surface area contributed by atoms with E-state index in [-0.39, 0.29) is 18.2 Å². The molecule has 1 fully saturated rings. The SMILES string of the molecule is COc1ccc(C)cc1N1CC(C(=O)Nc2nncs2)CC1=O. The molecule has 1 aliphatic rings. The van der Waals surface area contributed by atoms with Crippen LogP contribution in [0.3, 0.4) is 0 Å². The van der Waals surface area contributed by atoms with Gasteiger partial charge in [0.05, 0.1) is 18.7 Å². The van der Waals surface area contributed by atoms with Crippen molar-refractivity contribution in [2.24, 2.45) is 5.92 Å². The zero-order valence-electron chi connectivity index (χ0n) is 12.8. The second-order valence-corrected chi connectivity index (χ2v) is 6.15. The quantitative estimate of drug-likeness (QED) is 0.923. The van der Waals surface area contributed by atoms with E-state index in [9.17, 15) is 9.59 Å². The minimum atomic E-state index is -0.420. The number of nitrogens with zero attached hydrogens (tertiary/aromatic N) is 3. The molecule has 1 aromatic carbocycles. The molecule has 0 saturated carbocycles. The van der Waals surface area contributed by atoms with Crippen LogP contribution in [0.15, 0.2) is 23.7 Å². The zero-order chi connectivity index (χ0) is 16.4. The van der Waals surface area contributed by atoms with Crippen molar-refractivity contribution in [1.29, 1.82) is 0 Å². The van der Waals surface area contributed by atoms with Crippen molar-refractivity contribution in [1.82, 2.24) is 10.2 Å². The van der Waals surface area contributed by atoms with Crippen LogP contribution in [0.25, 0.3) is 0 Å². The number of ether oxygens (including phenoxy) is 1. The molecular formula is C15H16N4O3S. The number of amides is 2. The minimum Gasteiger partial charge on any atom is -0.495 e. The van der Waals surface area contributed by atoms with Gasteiger partial charge in [-0.1, -0.05) is 17.4 Å². The Balaban J connectivity index is 1.77. The molecule has 1 aromatic heterocycles. The number of carbonyl (C=O) groups is 2. The third-order valence-electron chi connectivity index (χ3n) is 3.71. The molecule has 3 rings (SSSR count). The van der Waals surface area contributed by atoms with E-state index in [1.165, 1.54) is 11.3 Å². The number of carbonyl (C=O) groups excluding carboxylic acids is 2. The van der Waals surface area contributed by atoms with Crippen LogP contribution in [0.1, 0.15) is 12.0 Å². The van der Waals surface area contributed by atoms with Crippen molar-refractivity contribution in [2.75, 3.05) is 23.9 Å². The first-order valence-electron chi connectivity index (χ1n) is 7.10. The minimum absolute atomic E-state index is 0.0914. The van der Waals surface area contributed by atoms with E-state index in [0.29, 0.717) is 23.1 Å². The molecule has 1 atom stereocenters. The van der Waals surface area contributed by atoms with Gasteiger partial charge in [-0.05, 0) is 24.6 Å². The summed E-state index contributed by atoms with van der Waals surface area (Å²) < 4.78 is 5.33. The highest BCUT2D eigenvalue weighted by molar-refractivity contribution is 7.13. The van der Waals surface area contributed by atoms with Gasteiger partial charge >= 0.3 is 0 Å². The van der Waals surface area contributed by atoms with Crippen LogP contribution in [0, 0.1) is 12.8 Å². The van der Waals surface area contributed by atoms with Crippen molar-refractivity contribution >= 4 is 34.0 Å². The Morgan fingerprint density at radius 2 is 2.30 bits per heavy atom. The molecule has 23 heavy (non-hydrogen) atoms. The lowest BCUT2D eigenvalue weighted by atomic mass is 10.1. The van der Waals surface area contributed by atoms with Gasteiger partial charge in [-0.3, -0.25) is 9.59 Å². The summed E-state index contributed by atoms with van der Waals surface area (Å²) in [6.07, 6.45) is 0.168. The van der Waals surface area contributed by atoms with Crippen LogP contribution in [-0.4, -0.2) is 35.7 Å². The van der Waals surface area contributed by atoms with E-state index < -0.39 is 5.92 Å². The summed E-state index contributed by atoms with van der Waals surface area (Å²) >= 11 is 1.24. The molecular weight excluding hydrogens is 316 g/mol. The molecule has 2 amide bonds. The predicted octanol–water partition coefficient (Wildman–Crippen LogP) is 1.85. The summed E-state index contributed by atoms with van der Waals surface area (Å²) in [6.45, 7) is 2.27. The predicted molar refractivity (Wildman–Crippen MR) is 86.7 cm³/mol. The highest BCUT2D eigenvalue weighted by atomic mass is 32.1. The standard InChI is InChI=1S/C15H16N4O3S/c1-9-3-4-12(22-2)11(5-9)19-7-10(6-13(19)20)14(21)17-15-18-16-8-23-15/h3-5,8,10H,6-7H2,1-2H3,(H,17,18,21). The summed E-state index contributed by atoms with van der Waals surface area (Å²) in [5.41, 5.74) is 3.26. The molecule has 1 aliphatic heterocycles. The first kappa shape index (κ1) is 15.4. The highest BCUT2D eigenvalue weighted by Crippen LogP contribution is 2.34. The van der Waals surface area contributed by atoms with E-state index in [2.05, 4.69) is 15.5 Å². The fraction of sp³-hybridized carbons (Fsp3) is 0.333. The molecule has 8 heteroatoms. The van der Waals surface area contributed by atoms with E-state index in [0.717, 1.165) is 5.56 Å². The van der Waals surface area contributed by atoms with Crippen LogP contribution >= 0.6 is 11.3 Å². The first-order valence-corrected chi connectivity index (χ1v) is 7.98. The third-order valence-corrected chi connectivity index (χ3v) is 4.32. The van der Waals surface area contributed by atoms with Gasteiger partial charge in [0, 0.05) is 13.0 Å². The molecule has 0 aliphatic carbocycles. The van der Waals surface area contributed by atoms with Gasteiger partial charge in [0.1, 0.15) is 11.3 Å². The lowest BCUT2D eigenvalue weighted by Gasteiger charge is -2.20. The maximum Gasteiger partial charge on any atom is 0.231 e. The fourth-order valence-corrected chi connectivity index (χ4v) is 3.01. The average Bonchev–Trinajstić information content (AvgIpc) is 3.16. The van der Waals surface area contributed by atoms with E-state index in [1.807, 2.05) is 25.1 Å². The normalized spacial score (nSPS) is 17.4. The van der Waals surface area contributed by atoms with E-state index in [4.69, 9.17) is 4.74 Å². The molecule has 1 N–H and O–H groups in total. The molecule has 1 saturated heterocycles. The van der Waals surface area contributed by atoms with Gasteiger partial charge in [-0.15, -0.1) is 10.2 Å². The summed E-state index contributed by atoms with van der Waals surface area (Å²) in [7, 11) is 1.56. The number of aromatic nitrogens is 2. The molecule has 0 spiro atoms. The Bertz CT molecular complexity index is 732. The topological polar surface area (TPSA) is 84.4 Å². The number of hydrogen-bond acceptors (Lipinski definition) is 6. The number of benzene rings is 1. The van der Waals surface area contributed by atoms with Crippen molar-refractivity contribution in [2.45, 2.75) is 13.3 Å². The summed E-state index contributed by atoms with van der Waals surface area (Å²) in [5, 5.41) is 10.6. The molecule has 0 radical (unpaired) electrons. The van der Waals surface area contributed by atoms with Crippen molar-refractivity contribution in [3.63, 3.8) is 0 Å². The van der Waals surface area contributed by atoms with Gasteiger partial charge in [0.2, 0.25) is 16.9 Å². The number of methoxy groups -OCH3 is 1. The summed E-state index contributed by atoms with van der Waals surface area (Å²) in [5.74, 6) is -0.110. The van der Waals surface area contributed by atoms with Crippen LogP contribution in [0.2, 0.25) is 0 Å². The molecule has 7 nitrogen and oxygen atoms in total. The van der Waals surface area contributed by atoms with Crippen molar-refractivity contribution < 1.29 is 14.3 Å². The molecule has 2 aromatic rings. The average molecular weight is 332 g/mol. The smallest absolute Gasteiger partial charge is 0.231 e. The lowest BCUT2D eigenvalue weighted by Crippen LogP contribution is -2.28. The molecule has 120 valence electrons. The Hall–Kier alpha value is -2.48. The van der Waals surface area contributed by atoms with E-state index >= 15 is 0 Å². The zero-order valence-corrected chi connectivity index (χ0v) is 13.6. The molecule has 2 heterocycles. The Labute approximate surface area is 137 Å². The number of hydrogen-bond donors (Lipinski definition) is 1. The maximum atomic E-state index is 12.3. The van der Waals surface area contributed by atoms with Gasteiger partial charge < -0.3 is 15.0 Å². The number of aryl methyl sites for hydroxylation is 1. The Kier molecular flexibility index (Phi) is 4.24. The summed E-state index contributed by atoms with van der Waals surface area (Å²) in [6, 6.07) is 5.64. The number of anilines is 2. The van der Waals surface area contributed by atoms with Crippen molar-refractivity contribution in [3.8, 4) is 5.75 Å². The Morgan fingerprint density at radius 3 is 3.00 bits per heavy atom. The molecule has 1 unspecified atom stereocenters. The van der Waals surface area contributed by atoms with Gasteiger partial charge in [0.25, 0.3) is 0 Å². The second kappa shape index (κ2) is 6.33. The second-order valence-electron chi connectivity index (χ2n) is 5.31. The number of nitrogens with one attached hydrogen (secondary N) is 1. The van der Waals surface area contributed by atoms with Crippen LogP contribution < -0.4 is 15.0 Å². The van der Waals surface area contributed by atoms with Gasteiger partial charge in [0.15, 0.2) is 0 Å². The maximum absolute atomic E-state index is 12.3. The lowest BCUT2D eigenvalue weighted by molar-refractivity contribution is -0.122. The van der Waals surface area contributed by atoms with Gasteiger partial charge in [-0.2, -0.15) is 0 Å². The first-order chi connectivity index (χ1) is 11.1. The van der Waals surface area contributed by atoms with Crippen molar-refractivity contribution in [3.05, 3.63) is 29.3 Å². The monoisotopic (exact) mass is 332 g/mol. The van der Waals surface area contributed by atoms with Crippen LogP contribution in [0.5, 0.6) is 5.75 Å². The van der Waals surface area contributed by atoms with Gasteiger partial charge in [-0.25, -0.2) is 0 Å². The van der Waals surface area contributed by atoms with Crippen LogP contribution in [-0.2, 0) is 9.59 Å².